The van der Waals surface area contributed by atoms with Gasteiger partial charge in [-0.15, -0.1) is 0 Å². The summed E-state index contributed by atoms with van der Waals surface area (Å²) in [6, 6.07) is 16.8. The number of aromatic nitrogens is 1. The number of likely N-dealkylation sites (tertiary alicyclic amines) is 1. The van der Waals surface area contributed by atoms with Crippen molar-refractivity contribution in [3.05, 3.63) is 83.3 Å². The van der Waals surface area contributed by atoms with Gasteiger partial charge < -0.3 is 10.1 Å². The van der Waals surface area contributed by atoms with Crippen LogP contribution in [0, 0.1) is 11.1 Å². The van der Waals surface area contributed by atoms with Crippen molar-refractivity contribution in [2.24, 2.45) is 5.92 Å². The molecule has 0 N–H and O–H groups in total. The molecule has 5 nitrogen and oxygen atoms in total. The van der Waals surface area contributed by atoms with Crippen LogP contribution >= 0.6 is 0 Å². The van der Waals surface area contributed by atoms with E-state index in [-0.39, 0.29) is 17.6 Å². The molecule has 2 heterocycles. The van der Waals surface area contributed by atoms with E-state index in [1.807, 2.05) is 42.5 Å². The Morgan fingerprint density at radius 1 is 1.04 bits per heavy atom. The molecule has 136 valence electrons. The number of ketones is 1. The molecule has 1 amide bonds. The number of nitrogens with zero attached hydrogens (tertiary/aromatic N) is 2. The Morgan fingerprint density at radius 3 is 2.70 bits per heavy atom. The topological polar surface area (TPSA) is 64.3 Å². The van der Waals surface area contributed by atoms with Crippen molar-refractivity contribution in [3.63, 3.8) is 0 Å². The van der Waals surface area contributed by atoms with Crippen LogP contribution < -0.4 is 4.73 Å². The summed E-state index contributed by atoms with van der Waals surface area (Å²) in [5.74, 6) is -0.344. The maximum atomic E-state index is 13.2. The third-order valence-corrected chi connectivity index (χ3v) is 5.16. The van der Waals surface area contributed by atoms with E-state index < -0.39 is 0 Å². The molecule has 0 bridgehead atoms. The molecule has 1 aromatic heterocycles. The van der Waals surface area contributed by atoms with E-state index >= 15 is 0 Å². The zero-order valence-electron chi connectivity index (χ0n) is 14.9. The van der Waals surface area contributed by atoms with Gasteiger partial charge in [-0.1, -0.05) is 42.5 Å². The van der Waals surface area contributed by atoms with Gasteiger partial charge in [-0.3, -0.25) is 9.59 Å². The van der Waals surface area contributed by atoms with Crippen LogP contribution in [0.3, 0.4) is 0 Å². The Bertz CT molecular complexity index is 1010. The Labute approximate surface area is 157 Å². The molecule has 3 aromatic rings. The number of piperidine rings is 1. The van der Waals surface area contributed by atoms with Crippen molar-refractivity contribution in [2.45, 2.75) is 12.8 Å². The van der Waals surface area contributed by atoms with Crippen LogP contribution in [-0.4, -0.2) is 29.7 Å². The van der Waals surface area contributed by atoms with Gasteiger partial charge >= 0.3 is 0 Å². The van der Waals surface area contributed by atoms with Crippen molar-refractivity contribution in [3.8, 4) is 0 Å². The van der Waals surface area contributed by atoms with E-state index in [4.69, 9.17) is 0 Å². The number of Topliss-reactive ketones (excluding diaryl/α,β-unsaturated/α-hetero) is 1. The van der Waals surface area contributed by atoms with Crippen LogP contribution in [0.4, 0.5) is 0 Å². The Hall–Kier alpha value is -3.21. The van der Waals surface area contributed by atoms with Crippen molar-refractivity contribution < 1.29 is 14.3 Å². The first kappa shape index (κ1) is 17.2. The molecule has 1 atom stereocenters. The third kappa shape index (κ3) is 3.40. The Morgan fingerprint density at radius 2 is 1.85 bits per heavy atom. The summed E-state index contributed by atoms with van der Waals surface area (Å²) in [5.41, 5.74) is 1.07. The summed E-state index contributed by atoms with van der Waals surface area (Å²) < 4.78 is 0.621. The predicted molar refractivity (Wildman–Crippen MR) is 102 cm³/mol. The average molecular weight is 360 g/mol. The van der Waals surface area contributed by atoms with Crippen molar-refractivity contribution in [1.29, 1.82) is 0 Å². The number of rotatable bonds is 3. The smallest absolute Gasteiger partial charge is 0.259 e. The van der Waals surface area contributed by atoms with Gasteiger partial charge in [0, 0.05) is 30.6 Å². The lowest BCUT2D eigenvalue weighted by molar-refractivity contribution is -0.605. The third-order valence-electron chi connectivity index (χ3n) is 5.16. The van der Waals surface area contributed by atoms with Crippen molar-refractivity contribution in [1.82, 2.24) is 4.90 Å². The van der Waals surface area contributed by atoms with Gasteiger partial charge in [0.1, 0.15) is 5.56 Å². The fourth-order valence-electron chi connectivity index (χ4n) is 3.80. The number of fused-ring (bicyclic) bond motifs is 1. The number of hydrogen-bond acceptors (Lipinski definition) is 3. The van der Waals surface area contributed by atoms with Crippen LogP contribution in [0.5, 0.6) is 0 Å². The standard InChI is InChI=1S/C22H20N2O3/c25-21(20-11-3-7-16-6-1-2-10-19(16)20)17-8-4-12-23(14-17)22(26)18-9-5-13-24(27)15-18/h1-3,5-7,9-11,13,15,17H,4,8,12,14H2. The van der Waals surface area contributed by atoms with Gasteiger partial charge in [-0.25, -0.2) is 0 Å². The summed E-state index contributed by atoms with van der Waals surface area (Å²) in [6.45, 7) is 0.987. The van der Waals surface area contributed by atoms with Crippen molar-refractivity contribution in [2.75, 3.05) is 13.1 Å². The largest absolute Gasteiger partial charge is 0.619 e. The number of benzene rings is 2. The highest BCUT2D eigenvalue weighted by Crippen LogP contribution is 2.26. The molecule has 0 radical (unpaired) electrons. The molecule has 0 aliphatic carbocycles. The quantitative estimate of drug-likeness (QED) is 0.409. The first-order valence-corrected chi connectivity index (χ1v) is 9.13. The monoisotopic (exact) mass is 360 g/mol. The van der Waals surface area contributed by atoms with E-state index in [9.17, 15) is 14.8 Å². The van der Waals surface area contributed by atoms with E-state index in [0.29, 0.717) is 28.9 Å². The van der Waals surface area contributed by atoms with Crippen LogP contribution in [0.2, 0.25) is 0 Å². The molecular weight excluding hydrogens is 340 g/mol. The minimum atomic E-state index is -0.225. The van der Waals surface area contributed by atoms with Gasteiger partial charge in [0.05, 0.1) is 0 Å². The molecule has 4 rings (SSSR count). The van der Waals surface area contributed by atoms with E-state index in [2.05, 4.69) is 0 Å². The van der Waals surface area contributed by atoms with Crippen molar-refractivity contribution >= 4 is 22.5 Å². The number of carbonyl (C=O) groups excluding carboxylic acids is 2. The minimum absolute atomic E-state index is 0.0799. The number of pyridine rings is 1. The summed E-state index contributed by atoms with van der Waals surface area (Å²) >= 11 is 0. The Balaban J connectivity index is 1.57. The molecule has 0 saturated carbocycles. The molecule has 0 spiro atoms. The lowest BCUT2D eigenvalue weighted by Crippen LogP contribution is -2.43. The zero-order valence-corrected chi connectivity index (χ0v) is 14.9. The second-order valence-electron chi connectivity index (χ2n) is 6.93. The first-order chi connectivity index (χ1) is 13.1. The SMILES string of the molecule is O=C(c1cccc2ccccc12)C1CCCN(C(=O)c2ccc[n+]([O-])c2)C1. The predicted octanol–water partition coefficient (Wildman–Crippen LogP) is 3.21. The van der Waals surface area contributed by atoms with Crippen LogP contribution in [0.25, 0.3) is 10.8 Å². The highest BCUT2D eigenvalue weighted by atomic mass is 16.5. The maximum absolute atomic E-state index is 13.2. The highest BCUT2D eigenvalue weighted by Gasteiger charge is 2.30. The lowest BCUT2D eigenvalue weighted by Gasteiger charge is -2.32. The first-order valence-electron chi connectivity index (χ1n) is 9.13. The number of amides is 1. The Kier molecular flexibility index (Phi) is 4.59. The zero-order chi connectivity index (χ0) is 18.8. The normalized spacial score (nSPS) is 17.0. The molecular formula is C22H20N2O3. The van der Waals surface area contributed by atoms with E-state index in [1.165, 1.54) is 12.4 Å². The van der Waals surface area contributed by atoms with E-state index in [0.717, 1.165) is 23.6 Å². The van der Waals surface area contributed by atoms with Gasteiger partial charge in [0.15, 0.2) is 18.2 Å². The summed E-state index contributed by atoms with van der Waals surface area (Å²) in [7, 11) is 0. The van der Waals surface area contributed by atoms with Gasteiger partial charge in [0.2, 0.25) is 0 Å². The van der Waals surface area contributed by atoms with Crippen LogP contribution in [-0.2, 0) is 0 Å². The lowest BCUT2D eigenvalue weighted by atomic mass is 9.87. The van der Waals surface area contributed by atoms with Gasteiger partial charge in [-0.05, 0) is 29.7 Å². The summed E-state index contributed by atoms with van der Waals surface area (Å²) in [4.78, 5) is 27.6. The molecule has 27 heavy (non-hydrogen) atoms. The van der Waals surface area contributed by atoms with Gasteiger partial charge in [0.25, 0.3) is 5.91 Å². The van der Waals surface area contributed by atoms with Gasteiger partial charge in [-0.2, -0.15) is 4.73 Å². The molecule has 1 aliphatic heterocycles. The van der Waals surface area contributed by atoms with Crippen LogP contribution in [0.15, 0.2) is 67.0 Å². The fraction of sp³-hybridized carbons (Fsp3) is 0.227. The molecule has 1 aliphatic rings. The molecule has 1 saturated heterocycles. The summed E-state index contributed by atoms with van der Waals surface area (Å²) in [5, 5.41) is 13.4. The molecule has 2 aromatic carbocycles. The summed E-state index contributed by atoms with van der Waals surface area (Å²) in [6.07, 6.45) is 4.16. The minimum Gasteiger partial charge on any atom is -0.619 e. The second kappa shape index (κ2) is 7.19. The maximum Gasteiger partial charge on any atom is 0.259 e. The highest BCUT2D eigenvalue weighted by molar-refractivity contribution is 6.09. The number of hydrogen-bond donors (Lipinski definition) is 0. The van der Waals surface area contributed by atoms with E-state index in [1.54, 1.807) is 17.0 Å². The fourth-order valence-corrected chi connectivity index (χ4v) is 3.80. The number of carbonyl (C=O) groups is 2. The van der Waals surface area contributed by atoms with Crippen LogP contribution in [0.1, 0.15) is 33.6 Å². The second-order valence-corrected chi connectivity index (χ2v) is 6.93. The molecule has 5 heteroatoms. The molecule has 1 fully saturated rings. The average Bonchev–Trinajstić information content (AvgIpc) is 2.72. The molecule has 1 unspecified atom stereocenters.